The van der Waals surface area contributed by atoms with Crippen LogP contribution in [0, 0.1) is 0 Å². The predicted molar refractivity (Wildman–Crippen MR) is 88.6 cm³/mol. The molecule has 0 saturated heterocycles. The molecular formula is C17H15F3N2O6. The Morgan fingerprint density at radius 2 is 1.64 bits per heavy atom. The number of halogens is 3. The van der Waals surface area contributed by atoms with Gasteiger partial charge in [0.25, 0.3) is 5.91 Å². The summed E-state index contributed by atoms with van der Waals surface area (Å²) in [7, 11) is 0. The van der Waals surface area contributed by atoms with E-state index in [4.69, 9.17) is 9.90 Å². The molecule has 1 aromatic heterocycles. The van der Waals surface area contributed by atoms with Crippen molar-refractivity contribution in [3.63, 3.8) is 0 Å². The van der Waals surface area contributed by atoms with E-state index in [0.29, 0.717) is 11.1 Å². The number of hydrogen-bond acceptors (Lipinski definition) is 5. The first-order valence-corrected chi connectivity index (χ1v) is 7.52. The van der Waals surface area contributed by atoms with E-state index in [1.807, 2.05) is 0 Å². The number of nitrogens with zero attached hydrogens (tertiary/aromatic N) is 1. The van der Waals surface area contributed by atoms with E-state index in [1.165, 1.54) is 24.5 Å². The minimum Gasteiger partial charge on any atom is -0.508 e. The van der Waals surface area contributed by atoms with Crippen LogP contribution in [0.2, 0.25) is 0 Å². The van der Waals surface area contributed by atoms with Crippen LogP contribution >= 0.6 is 0 Å². The highest BCUT2D eigenvalue weighted by atomic mass is 19.4. The van der Waals surface area contributed by atoms with Gasteiger partial charge < -0.3 is 20.6 Å². The number of hydrogen-bond donors (Lipinski definition) is 4. The van der Waals surface area contributed by atoms with Crippen molar-refractivity contribution in [1.29, 1.82) is 0 Å². The van der Waals surface area contributed by atoms with Crippen LogP contribution in [0.5, 0.6) is 5.75 Å². The number of carbonyl (C=O) groups is 3. The van der Waals surface area contributed by atoms with Crippen LogP contribution in [0.4, 0.5) is 13.2 Å². The highest BCUT2D eigenvalue weighted by Crippen LogP contribution is 2.13. The maximum atomic E-state index is 11.9. The fourth-order valence-electron chi connectivity index (χ4n) is 1.81. The molecule has 1 atom stereocenters. The lowest BCUT2D eigenvalue weighted by molar-refractivity contribution is -0.192. The maximum absolute atomic E-state index is 11.9. The SMILES string of the molecule is O=C(N[C@@H](Cc1ccc(O)cc1)C(=O)O)c1cccnc1.O=C(O)C(F)(F)F. The van der Waals surface area contributed by atoms with E-state index in [9.17, 15) is 33.0 Å². The van der Waals surface area contributed by atoms with Gasteiger partial charge in [0.05, 0.1) is 5.56 Å². The molecule has 150 valence electrons. The van der Waals surface area contributed by atoms with Crippen LogP contribution in [0.1, 0.15) is 15.9 Å². The average molecular weight is 400 g/mol. The number of phenolic OH excluding ortho intramolecular Hbond substituents is 1. The Morgan fingerprint density at radius 1 is 1.07 bits per heavy atom. The molecule has 2 aromatic rings. The summed E-state index contributed by atoms with van der Waals surface area (Å²) >= 11 is 0. The summed E-state index contributed by atoms with van der Waals surface area (Å²) in [6, 6.07) is 8.27. The van der Waals surface area contributed by atoms with Crippen molar-refractivity contribution >= 4 is 17.8 Å². The summed E-state index contributed by atoms with van der Waals surface area (Å²) in [6.07, 6.45) is -2.06. The summed E-state index contributed by atoms with van der Waals surface area (Å²) in [5, 5.41) is 28.0. The summed E-state index contributed by atoms with van der Waals surface area (Å²) in [6.45, 7) is 0. The molecule has 0 aliphatic rings. The van der Waals surface area contributed by atoms with E-state index >= 15 is 0 Å². The fraction of sp³-hybridized carbons (Fsp3) is 0.176. The van der Waals surface area contributed by atoms with Crippen LogP contribution in [-0.4, -0.2) is 50.4 Å². The van der Waals surface area contributed by atoms with Crippen LogP contribution < -0.4 is 5.32 Å². The Balaban J connectivity index is 0.000000480. The standard InChI is InChI=1S/C15H14N2O4.C2HF3O2/c18-12-5-3-10(4-6-12)8-13(15(20)21)17-14(19)11-2-1-7-16-9-11;3-2(4,5)1(6)7/h1-7,9,13,18H,8H2,(H,17,19)(H,20,21);(H,6,7)/t13-;/m0./s1. The second-order valence-electron chi connectivity index (χ2n) is 5.28. The van der Waals surface area contributed by atoms with Crippen molar-refractivity contribution in [3.8, 4) is 5.75 Å². The largest absolute Gasteiger partial charge is 0.508 e. The van der Waals surface area contributed by atoms with Crippen molar-refractivity contribution in [2.45, 2.75) is 18.6 Å². The summed E-state index contributed by atoms with van der Waals surface area (Å²) in [5.41, 5.74) is 1.00. The minimum atomic E-state index is -5.08. The molecule has 0 radical (unpaired) electrons. The Bertz CT molecular complexity index is 810. The Morgan fingerprint density at radius 3 is 2.07 bits per heavy atom. The van der Waals surface area contributed by atoms with Gasteiger partial charge in [0.15, 0.2) is 0 Å². The lowest BCUT2D eigenvalue weighted by Crippen LogP contribution is -2.42. The van der Waals surface area contributed by atoms with Crippen LogP contribution in [-0.2, 0) is 16.0 Å². The van der Waals surface area contributed by atoms with Crippen molar-refractivity contribution in [2.24, 2.45) is 0 Å². The number of pyridine rings is 1. The van der Waals surface area contributed by atoms with Gasteiger partial charge in [-0.3, -0.25) is 9.78 Å². The van der Waals surface area contributed by atoms with Gasteiger partial charge in [-0.2, -0.15) is 13.2 Å². The maximum Gasteiger partial charge on any atom is 0.490 e. The van der Waals surface area contributed by atoms with Gasteiger partial charge in [-0.25, -0.2) is 9.59 Å². The van der Waals surface area contributed by atoms with Crippen molar-refractivity contribution in [3.05, 3.63) is 59.9 Å². The first-order valence-electron chi connectivity index (χ1n) is 7.52. The Labute approximate surface area is 156 Å². The Kier molecular flexibility index (Phi) is 7.92. The molecule has 8 nitrogen and oxygen atoms in total. The molecule has 28 heavy (non-hydrogen) atoms. The zero-order chi connectivity index (χ0) is 21.3. The fourth-order valence-corrected chi connectivity index (χ4v) is 1.81. The predicted octanol–water partition coefficient (Wildman–Crippen LogP) is 1.85. The third kappa shape index (κ3) is 7.72. The molecule has 1 heterocycles. The normalized spacial score (nSPS) is 11.5. The van der Waals surface area contributed by atoms with Crippen molar-refractivity contribution < 1.29 is 42.9 Å². The lowest BCUT2D eigenvalue weighted by atomic mass is 10.1. The molecule has 2 rings (SSSR count). The molecule has 1 aromatic carbocycles. The van der Waals surface area contributed by atoms with Gasteiger partial charge in [-0.15, -0.1) is 0 Å². The van der Waals surface area contributed by atoms with Gasteiger partial charge in [0.2, 0.25) is 0 Å². The average Bonchev–Trinajstić information content (AvgIpc) is 2.63. The van der Waals surface area contributed by atoms with E-state index in [2.05, 4.69) is 10.3 Å². The van der Waals surface area contributed by atoms with Crippen molar-refractivity contribution in [2.75, 3.05) is 0 Å². The monoisotopic (exact) mass is 400 g/mol. The molecule has 4 N–H and O–H groups in total. The first kappa shape index (κ1) is 22.4. The van der Waals surface area contributed by atoms with Gasteiger partial charge in [-0.1, -0.05) is 12.1 Å². The number of rotatable bonds is 5. The number of alkyl halides is 3. The van der Waals surface area contributed by atoms with Gasteiger partial charge >= 0.3 is 18.1 Å². The third-order valence-corrected chi connectivity index (χ3v) is 3.15. The topological polar surface area (TPSA) is 137 Å². The molecule has 0 unspecified atom stereocenters. The van der Waals surface area contributed by atoms with Crippen LogP contribution in [0.15, 0.2) is 48.8 Å². The lowest BCUT2D eigenvalue weighted by Gasteiger charge is -2.14. The molecular weight excluding hydrogens is 385 g/mol. The van der Waals surface area contributed by atoms with E-state index < -0.39 is 30.1 Å². The number of carboxylic acids is 2. The number of amides is 1. The highest BCUT2D eigenvalue weighted by Gasteiger charge is 2.38. The second kappa shape index (κ2) is 9.90. The third-order valence-electron chi connectivity index (χ3n) is 3.15. The van der Waals surface area contributed by atoms with Crippen LogP contribution in [0.25, 0.3) is 0 Å². The van der Waals surface area contributed by atoms with Crippen molar-refractivity contribution in [1.82, 2.24) is 10.3 Å². The summed E-state index contributed by atoms with van der Waals surface area (Å²) < 4.78 is 31.7. The number of aliphatic carboxylic acids is 2. The number of aromatic nitrogens is 1. The number of benzene rings is 1. The quantitative estimate of drug-likeness (QED) is 0.601. The van der Waals surface area contributed by atoms with E-state index in [1.54, 1.807) is 24.3 Å². The molecule has 1 amide bonds. The number of carboxylic acid groups (broad SMARTS) is 2. The number of aromatic hydroxyl groups is 1. The smallest absolute Gasteiger partial charge is 0.490 e. The first-order chi connectivity index (χ1) is 13.0. The molecule has 11 heteroatoms. The van der Waals surface area contributed by atoms with E-state index in [-0.39, 0.29) is 12.2 Å². The van der Waals surface area contributed by atoms with Gasteiger partial charge in [0.1, 0.15) is 11.8 Å². The molecule has 0 saturated carbocycles. The molecule has 0 aliphatic heterocycles. The molecule has 0 aliphatic carbocycles. The zero-order valence-corrected chi connectivity index (χ0v) is 14.1. The number of carbonyl (C=O) groups excluding carboxylic acids is 1. The summed E-state index contributed by atoms with van der Waals surface area (Å²) in [4.78, 5) is 35.9. The zero-order valence-electron chi connectivity index (χ0n) is 14.1. The number of nitrogens with one attached hydrogen (secondary N) is 1. The number of phenols is 1. The van der Waals surface area contributed by atoms with Crippen LogP contribution in [0.3, 0.4) is 0 Å². The van der Waals surface area contributed by atoms with Gasteiger partial charge in [0, 0.05) is 18.8 Å². The summed E-state index contributed by atoms with van der Waals surface area (Å²) in [5.74, 6) is -4.27. The highest BCUT2D eigenvalue weighted by molar-refractivity contribution is 5.96. The molecule has 0 fully saturated rings. The molecule has 0 bridgehead atoms. The van der Waals surface area contributed by atoms with E-state index in [0.717, 1.165) is 0 Å². The minimum absolute atomic E-state index is 0.102. The van der Waals surface area contributed by atoms with Gasteiger partial charge in [-0.05, 0) is 29.8 Å². The second-order valence-corrected chi connectivity index (χ2v) is 5.28. The Hall–Kier alpha value is -3.63. The molecule has 0 spiro atoms.